The normalized spacial score (nSPS) is 10.6. The highest BCUT2D eigenvalue weighted by Gasteiger charge is 2.03. The molecule has 0 unspecified atom stereocenters. The van der Waals surface area contributed by atoms with Crippen molar-refractivity contribution in [2.45, 2.75) is 13.5 Å². The molecule has 0 saturated carbocycles. The van der Waals surface area contributed by atoms with E-state index >= 15 is 0 Å². The van der Waals surface area contributed by atoms with Gasteiger partial charge in [-0.1, -0.05) is 23.8 Å². The highest BCUT2D eigenvalue weighted by Crippen LogP contribution is 2.17. The van der Waals surface area contributed by atoms with E-state index in [0.29, 0.717) is 12.1 Å². The second-order valence-electron chi connectivity index (χ2n) is 4.97. The SMILES string of the molecule is Cc1ccc(F)c(CNc2cccc(-n3ccnc3)c2)c1. The molecule has 3 aromatic rings. The van der Waals surface area contributed by atoms with Gasteiger partial charge in [0, 0.05) is 35.9 Å². The van der Waals surface area contributed by atoms with E-state index in [1.165, 1.54) is 6.07 Å². The van der Waals surface area contributed by atoms with Crippen molar-refractivity contribution >= 4 is 5.69 Å². The second-order valence-corrected chi connectivity index (χ2v) is 4.97. The van der Waals surface area contributed by atoms with Crippen LogP contribution in [-0.2, 0) is 6.54 Å². The Labute approximate surface area is 123 Å². The maximum atomic E-state index is 13.7. The van der Waals surface area contributed by atoms with Gasteiger partial charge in [0.25, 0.3) is 0 Å². The van der Waals surface area contributed by atoms with Gasteiger partial charge in [0.1, 0.15) is 5.82 Å². The first kappa shape index (κ1) is 13.4. The van der Waals surface area contributed by atoms with Crippen molar-refractivity contribution in [1.29, 1.82) is 0 Å². The van der Waals surface area contributed by atoms with E-state index in [1.807, 2.05) is 48.0 Å². The maximum absolute atomic E-state index is 13.7. The molecule has 106 valence electrons. The minimum Gasteiger partial charge on any atom is -0.381 e. The third kappa shape index (κ3) is 3.11. The van der Waals surface area contributed by atoms with E-state index in [-0.39, 0.29) is 5.82 Å². The Morgan fingerprint density at radius 3 is 2.90 bits per heavy atom. The Kier molecular flexibility index (Phi) is 3.69. The first-order valence-corrected chi connectivity index (χ1v) is 6.80. The zero-order valence-electron chi connectivity index (χ0n) is 11.8. The number of hydrogen-bond acceptors (Lipinski definition) is 2. The van der Waals surface area contributed by atoms with Crippen LogP contribution in [0.1, 0.15) is 11.1 Å². The van der Waals surface area contributed by atoms with E-state index in [2.05, 4.69) is 10.3 Å². The average Bonchev–Trinajstić information content (AvgIpc) is 3.03. The van der Waals surface area contributed by atoms with Crippen LogP contribution in [0.3, 0.4) is 0 Å². The Balaban J connectivity index is 1.76. The minimum atomic E-state index is -0.182. The molecule has 1 N–H and O–H groups in total. The van der Waals surface area contributed by atoms with Gasteiger partial charge < -0.3 is 9.88 Å². The molecule has 0 amide bonds. The number of rotatable bonds is 4. The van der Waals surface area contributed by atoms with E-state index in [0.717, 1.165) is 16.9 Å². The maximum Gasteiger partial charge on any atom is 0.128 e. The fourth-order valence-corrected chi connectivity index (χ4v) is 2.22. The van der Waals surface area contributed by atoms with Crippen LogP contribution in [0.2, 0.25) is 0 Å². The lowest BCUT2D eigenvalue weighted by Gasteiger charge is -2.10. The van der Waals surface area contributed by atoms with Crippen LogP contribution in [0.4, 0.5) is 10.1 Å². The molecule has 1 heterocycles. The molecule has 21 heavy (non-hydrogen) atoms. The average molecular weight is 281 g/mol. The van der Waals surface area contributed by atoms with Crippen molar-refractivity contribution < 1.29 is 4.39 Å². The van der Waals surface area contributed by atoms with Crippen molar-refractivity contribution in [3.05, 3.63) is 78.1 Å². The van der Waals surface area contributed by atoms with Gasteiger partial charge in [-0.25, -0.2) is 9.37 Å². The largest absolute Gasteiger partial charge is 0.381 e. The molecule has 3 nitrogen and oxygen atoms in total. The summed E-state index contributed by atoms with van der Waals surface area (Å²) in [5.74, 6) is -0.182. The molecule has 0 spiro atoms. The molecule has 2 aromatic carbocycles. The first-order valence-electron chi connectivity index (χ1n) is 6.80. The summed E-state index contributed by atoms with van der Waals surface area (Å²) in [5.41, 5.74) is 3.69. The molecule has 0 saturated heterocycles. The smallest absolute Gasteiger partial charge is 0.128 e. The summed E-state index contributed by atoms with van der Waals surface area (Å²) in [7, 11) is 0. The summed E-state index contributed by atoms with van der Waals surface area (Å²) >= 11 is 0. The number of anilines is 1. The van der Waals surface area contributed by atoms with E-state index < -0.39 is 0 Å². The topological polar surface area (TPSA) is 29.9 Å². The molecule has 0 fully saturated rings. The van der Waals surface area contributed by atoms with Crippen LogP contribution >= 0.6 is 0 Å². The summed E-state index contributed by atoms with van der Waals surface area (Å²) in [4.78, 5) is 4.04. The number of benzene rings is 2. The Morgan fingerprint density at radius 1 is 1.19 bits per heavy atom. The zero-order valence-corrected chi connectivity index (χ0v) is 11.8. The highest BCUT2D eigenvalue weighted by atomic mass is 19.1. The Bertz CT molecular complexity index is 736. The third-order valence-electron chi connectivity index (χ3n) is 3.33. The highest BCUT2D eigenvalue weighted by molar-refractivity contribution is 5.51. The van der Waals surface area contributed by atoms with Crippen LogP contribution in [-0.4, -0.2) is 9.55 Å². The molecule has 3 rings (SSSR count). The fraction of sp³-hybridized carbons (Fsp3) is 0.118. The Hall–Kier alpha value is -2.62. The molecule has 0 aliphatic rings. The van der Waals surface area contributed by atoms with Gasteiger partial charge >= 0.3 is 0 Å². The fourth-order valence-electron chi connectivity index (χ4n) is 2.22. The predicted octanol–water partition coefficient (Wildman–Crippen LogP) is 3.93. The Morgan fingerprint density at radius 2 is 2.10 bits per heavy atom. The quantitative estimate of drug-likeness (QED) is 0.785. The van der Waals surface area contributed by atoms with Crippen molar-refractivity contribution in [2.24, 2.45) is 0 Å². The van der Waals surface area contributed by atoms with E-state index in [9.17, 15) is 4.39 Å². The monoisotopic (exact) mass is 281 g/mol. The number of hydrogen-bond donors (Lipinski definition) is 1. The van der Waals surface area contributed by atoms with Crippen LogP contribution < -0.4 is 5.32 Å². The van der Waals surface area contributed by atoms with Gasteiger partial charge in [0.05, 0.1) is 6.33 Å². The second kappa shape index (κ2) is 5.79. The molecular weight excluding hydrogens is 265 g/mol. The number of halogens is 1. The zero-order chi connectivity index (χ0) is 14.7. The molecule has 0 bridgehead atoms. The standard InChI is InChI=1S/C17H16FN3/c1-13-5-6-17(18)14(9-13)11-20-15-3-2-4-16(10-15)21-8-7-19-12-21/h2-10,12,20H,11H2,1H3. The van der Waals surface area contributed by atoms with E-state index in [1.54, 1.807) is 18.6 Å². The lowest BCUT2D eigenvalue weighted by molar-refractivity contribution is 0.612. The van der Waals surface area contributed by atoms with Crippen molar-refractivity contribution in [3.8, 4) is 5.69 Å². The van der Waals surface area contributed by atoms with Gasteiger partial charge in [-0.3, -0.25) is 0 Å². The number of imidazole rings is 1. The molecule has 4 heteroatoms. The van der Waals surface area contributed by atoms with Gasteiger partial charge in [-0.05, 0) is 31.2 Å². The van der Waals surface area contributed by atoms with Crippen LogP contribution in [0.5, 0.6) is 0 Å². The van der Waals surface area contributed by atoms with E-state index in [4.69, 9.17) is 0 Å². The summed E-state index contributed by atoms with van der Waals surface area (Å²) in [6.45, 7) is 2.42. The van der Waals surface area contributed by atoms with Crippen LogP contribution in [0, 0.1) is 12.7 Å². The molecule has 1 aromatic heterocycles. The third-order valence-corrected chi connectivity index (χ3v) is 3.33. The molecule has 0 atom stereocenters. The minimum absolute atomic E-state index is 0.182. The van der Waals surface area contributed by atoms with Crippen molar-refractivity contribution in [2.75, 3.05) is 5.32 Å². The summed E-state index contributed by atoms with van der Waals surface area (Å²) < 4.78 is 15.7. The van der Waals surface area contributed by atoms with Crippen molar-refractivity contribution in [1.82, 2.24) is 9.55 Å². The molecule has 0 radical (unpaired) electrons. The summed E-state index contributed by atoms with van der Waals surface area (Å²) in [6.07, 6.45) is 5.38. The van der Waals surface area contributed by atoms with Crippen molar-refractivity contribution in [3.63, 3.8) is 0 Å². The lowest BCUT2D eigenvalue weighted by atomic mass is 10.1. The molecule has 0 aliphatic heterocycles. The molecule has 0 aliphatic carbocycles. The van der Waals surface area contributed by atoms with Gasteiger partial charge in [0.15, 0.2) is 0 Å². The van der Waals surface area contributed by atoms with Gasteiger partial charge in [-0.2, -0.15) is 0 Å². The van der Waals surface area contributed by atoms with Gasteiger partial charge in [0.2, 0.25) is 0 Å². The number of aromatic nitrogens is 2. The number of aryl methyl sites for hydroxylation is 1. The first-order chi connectivity index (χ1) is 10.2. The van der Waals surface area contributed by atoms with Crippen LogP contribution in [0.15, 0.2) is 61.2 Å². The predicted molar refractivity (Wildman–Crippen MR) is 82.0 cm³/mol. The summed E-state index contributed by atoms with van der Waals surface area (Å²) in [5, 5.41) is 3.26. The van der Waals surface area contributed by atoms with Crippen LogP contribution in [0.25, 0.3) is 5.69 Å². The lowest BCUT2D eigenvalue weighted by Crippen LogP contribution is -2.03. The van der Waals surface area contributed by atoms with Gasteiger partial charge in [-0.15, -0.1) is 0 Å². The summed E-state index contributed by atoms with van der Waals surface area (Å²) in [6, 6.07) is 13.1. The molecular formula is C17H16FN3. The number of nitrogens with zero attached hydrogens (tertiary/aromatic N) is 2. The number of nitrogens with one attached hydrogen (secondary N) is 1.